The average molecular weight is 398 g/mol. The van der Waals surface area contributed by atoms with Crippen molar-refractivity contribution < 1.29 is 9.78 Å². The van der Waals surface area contributed by atoms with Crippen molar-refractivity contribution >= 4 is 28.5 Å². The predicted octanol–water partition coefficient (Wildman–Crippen LogP) is 3.68. The number of H-pyrrole nitrogens is 1. The number of nitrogens with zero attached hydrogens (tertiary/aromatic N) is 2. The topological polar surface area (TPSA) is 80.5 Å². The first-order valence-corrected chi connectivity index (χ1v) is 10.5. The summed E-state index contributed by atoms with van der Waals surface area (Å²) >= 11 is 0. The summed E-state index contributed by atoms with van der Waals surface area (Å²) in [6.45, 7) is 0. The highest BCUT2D eigenvalue weighted by Gasteiger charge is 2.26. The lowest BCUT2D eigenvalue weighted by atomic mass is 9.95. The van der Waals surface area contributed by atoms with E-state index < -0.39 is 0 Å². The average Bonchev–Trinajstić information content (AvgIpc) is 2.77. The quantitative estimate of drug-likeness (QED) is 0.703. The number of carbonyl (C=O) groups is 1. The molecule has 0 spiro atoms. The number of benzene rings is 2. The van der Waals surface area contributed by atoms with Gasteiger partial charge < -0.3 is 10.6 Å². The van der Waals surface area contributed by atoms with Gasteiger partial charge >= 0.3 is 0 Å². The maximum atomic E-state index is 12.4. The Morgan fingerprint density at radius 3 is 2.57 bits per heavy atom. The summed E-state index contributed by atoms with van der Waals surface area (Å²) in [5.41, 5.74) is 2.43. The van der Waals surface area contributed by atoms with Gasteiger partial charge in [0.15, 0.2) is 5.52 Å². The lowest BCUT2D eigenvalue weighted by Gasteiger charge is -2.25. The van der Waals surface area contributed by atoms with E-state index in [0.29, 0.717) is 23.4 Å². The molecule has 30 heavy (non-hydrogen) atoms. The van der Waals surface area contributed by atoms with Crippen molar-refractivity contribution in [1.29, 1.82) is 0 Å². The summed E-state index contributed by atoms with van der Waals surface area (Å²) in [6.07, 6.45) is 7.59. The van der Waals surface area contributed by atoms with E-state index in [9.17, 15) is 4.79 Å². The van der Waals surface area contributed by atoms with Crippen LogP contribution in [0, 0.1) is 0 Å². The van der Waals surface area contributed by atoms with Crippen molar-refractivity contribution in [2.75, 3.05) is 0 Å². The van der Waals surface area contributed by atoms with Crippen molar-refractivity contribution in [3.8, 4) is 11.4 Å². The molecular formula is C24H24N5O+. The molecule has 0 radical (unpaired) electrons. The first-order chi connectivity index (χ1) is 14.8. The SMILES string of the molecule is O=C(NC1CCCCC1)C1=CC(=Nc2[nH+]c(-c3ccccc3)nc3ccccc23)N1. The molecule has 0 unspecified atom stereocenters. The predicted molar refractivity (Wildman–Crippen MR) is 117 cm³/mol. The van der Waals surface area contributed by atoms with E-state index in [4.69, 9.17) is 9.98 Å². The second-order valence-electron chi connectivity index (χ2n) is 7.81. The van der Waals surface area contributed by atoms with Gasteiger partial charge in [-0.3, -0.25) is 4.79 Å². The van der Waals surface area contributed by atoms with Crippen LogP contribution < -0.4 is 15.6 Å². The summed E-state index contributed by atoms with van der Waals surface area (Å²) in [6, 6.07) is 18.2. The zero-order chi connectivity index (χ0) is 20.3. The third kappa shape index (κ3) is 3.81. The van der Waals surface area contributed by atoms with Crippen LogP contribution in [0.15, 0.2) is 71.4 Å². The van der Waals surface area contributed by atoms with Crippen LogP contribution in [0.4, 0.5) is 5.82 Å². The van der Waals surface area contributed by atoms with Crippen molar-refractivity contribution in [3.05, 3.63) is 66.4 Å². The minimum atomic E-state index is -0.0469. The summed E-state index contributed by atoms with van der Waals surface area (Å²) in [4.78, 5) is 25.2. The molecule has 1 aromatic heterocycles. The van der Waals surface area contributed by atoms with Gasteiger partial charge in [-0.05, 0) is 37.1 Å². The number of aromatic amines is 1. The minimum Gasteiger partial charge on any atom is -0.348 e. The fourth-order valence-electron chi connectivity index (χ4n) is 4.00. The molecule has 1 saturated carbocycles. The van der Waals surface area contributed by atoms with Crippen LogP contribution in [0.1, 0.15) is 32.1 Å². The lowest BCUT2D eigenvalue weighted by Crippen LogP contribution is -2.45. The van der Waals surface area contributed by atoms with Gasteiger partial charge in [0.2, 0.25) is 5.84 Å². The van der Waals surface area contributed by atoms with Gasteiger partial charge in [-0.2, -0.15) is 0 Å². The summed E-state index contributed by atoms with van der Waals surface area (Å²) in [5.74, 6) is 2.09. The van der Waals surface area contributed by atoms with Crippen LogP contribution in [0.5, 0.6) is 0 Å². The Kier molecular flexibility index (Phi) is 4.97. The fourth-order valence-corrected chi connectivity index (χ4v) is 4.00. The summed E-state index contributed by atoms with van der Waals surface area (Å²) in [5, 5.41) is 7.15. The van der Waals surface area contributed by atoms with Gasteiger partial charge in [0.05, 0.1) is 10.9 Å². The smallest absolute Gasteiger partial charge is 0.274 e. The van der Waals surface area contributed by atoms with E-state index in [1.165, 1.54) is 19.3 Å². The second-order valence-corrected chi connectivity index (χ2v) is 7.81. The molecule has 0 bridgehead atoms. The Morgan fingerprint density at radius 1 is 1.03 bits per heavy atom. The molecule has 0 saturated heterocycles. The Labute approximate surface area is 175 Å². The highest BCUT2D eigenvalue weighted by molar-refractivity contribution is 6.14. The number of hydrogen-bond acceptors (Lipinski definition) is 3. The molecule has 1 aliphatic heterocycles. The molecule has 1 amide bonds. The molecule has 2 aliphatic rings. The Bertz CT molecular complexity index is 1150. The molecule has 2 aromatic carbocycles. The Morgan fingerprint density at radius 2 is 1.77 bits per heavy atom. The number of nitrogens with one attached hydrogen (secondary N) is 3. The van der Waals surface area contributed by atoms with E-state index in [1.54, 1.807) is 6.08 Å². The highest BCUT2D eigenvalue weighted by Crippen LogP contribution is 2.24. The van der Waals surface area contributed by atoms with Gasteiger partial charge in [-0.25, -0.2) is 4.98 Å². The minimum absolute atomic E-state index is 0.0469. The number of carbonyl (C=O) groups excluding carboxylic acids is 1. The molecule has 3 N–H and O–H groups in total. The van der Waals surface area contributed by atoms with Gasteiger partial charge in [0.1, 0.15) is 5.70 Å². The Balaban J connectivity index is 1.41. The molecule has 150 valence electrons. The molecule has 1 fully saturated rings. The molecule has 6 heteroatoms. The van der Waals surface area contributed by atoms with Crippen molar-refractivity contribution in [2.45, 2.75) is 38.1 Å². The molecule has 1 aliphatic carbocycles. The molecule has 2 heterocycles. The van der Waals surface area contributed by atoms with Crippen LogP contribution in [-0.2, 0) is 4.79 Å². The van der Waals surface area contributed by atoms with E-state index in [-0.39, 0.29) is 5.91 Å². The number of amides is 1. The van der Waals surface area contributed by atoms with Gasteiger partial charge in [-0.1, -0.05) is 54.6 Å². The highest BCUT2D eigenvalue weighted by atomic mass is 16.2. The third-order valence-corrected chi connectivity index (χ3v) is 5.64. The summed E-state index contributed by atoms with van der Waals surface area (Å²) in [7, 11) is 0. The van der Waals surface area contributed by atoms with Crippen LogP contribution >= 0.6 is 0 Å². The number of rotatable bonds is 4. The van der Waals surface area contributed by atoms with Crippen LogP contribution in [0.25, 0.3) is 22.3 Å². The molecule has 5 rings (SSSR count). The monoisotopic (exact) mass is 398 g/mol. The summed E-state index contributed by atoms with van der Waals surface area (Å²) < 4.78 is 0. The Hall–Kier alpha value is -3.54. The molecule has 3 aromatic rings. The fraction of sp³-hybridized carbons (Fsp3) is 0.250. The molecular weight excluding hydrogens is 374 g/mol. The van der Waals surface area contributed by atoms with E-state index in [0.717, 1.165) is 35.1 Å². The normalized spacial score (nSPS) is 17.9. The standard InChI is InChI=1S/C24H23N5O/c30-24(25-17-11-5-2-6-12-17)20-15-21(26-20)28-23-18-13-7-8-14-19(18)27-22(29-23)16-9-3-1-4-10-16/h1,3-4,7-10,13-15,17H,2,5-6,11-12H2,(H,25,30)(H,26,27,28,29)/p+1. The van der Waals surface area contributed by atoms with E-state index in [1.807, 2.05) is 54.6 Å². The zero-order valence-electron chi connectivity index (χ0n) is 16.7. The number of amidine groups is 1. The molecule has 0 atom stereocenters. The maximum Gasteiger partial charge on any atom is 0.274 e. The van der Waals surface area contributed by atoms with Crippen molar-refractivity contribution in [3.63, 3.8) is 0 Å². The maximum absolute atomic E-state index is 12.4. The number of aliphatic imine (C=N–C) groups is 1. The third-order valence-electron chi connectivity index (χ3n) is 5.64. The number of fused-ring (bicyclic) bond motifs is 1. The van der Waals surface area contributed by atoms with Crippen LogP contribution in [0.2, 0.25) is 0 Å². The molecule has 6 nitrogen and oxygen atoms in total. The largest absolute Gasteiger partial charge is 0.348 e. The number of aromatic nitrogens is 2. The number of para-hydroxylation sites is 1. The second kappa shape index (κ2) is 8.06. The van der Waals surface area contributed by atoms with E-state index >= 15 is 0 Å². The lowest BCUT2D eigenvalue weighted by molar-refractivity contribution is -0.351. The first kappa shape index (κ1) is 18.5. The van der Waals surface area contributed by atoms with Gasteiger partial charge in [-0.15, -0.1) is 4.98 Å². The number of hydrogen-bond donors (Lipinski definition) is 2. The van der Waals surface area contributed by atoms with Crippen molar-refractivity contribution in [2.24, 2.45) is 4.99 Å². The van der Waals surface area contributed by atoms with Gasteiger partial charge in [0, 0.05) is 12.1 Å². The van der Waals surface area contributed by atoms with Crippen LogP contribution in [-0.4, -0.2) is 22.8 Å². The first-order valence-electron chi connectivity index (χ1n) is 10.5. The zero-order valence-corrected chi connectivity index (χ0v) is 16.7. The van der Waals surface area contributed by atoms with Crippen LogP contribution in [0.3, 0.4) is 0 Å². The van der Waals surface area contributed by atoms with Crippen molar-refractivity contribution in [1.82, 2.24) is 15.6 Å². The van der Waals surface area contributed by atoms with Gasteiger partial charge in [0.25, 0.3) is 17.5 Å². The van der Waals surface area contributed by atoms with E-state index in [2.05, 4.69) is 15.6 Å².